The Balaban J connectivity index is 1.58. The van der Waals surface area contributed by atoms with Gasteiger partial charge in [-0.05, 0) is 49.8 Å². The van der Waals surface area contributed by atoms with Crippen LogP contribution in [0.4, 0.5) is 0 Å². The molecule has 0 saturated carbocycles. The van der Waals surface area contributed by atoms with Gasteiger partial charge in [0.05, 0.1) is 6.61 Å². The van der Waals surface area contributed by atoms with Crippen molar-refractivity contribution >= 4 is 17.7 Å². The Labute approximate surface area is 201 Å². The van der Waals surface area contributed by atoms with Crippen molar-refractivity contribution in [2.75, 3.05) is 33.4 Å². The first-order valence-corrected chi connectivity index (χ1v) is 11.9. The third-order valence-corrected chi connectivity index (χ3v) is 6.32. The fraction of sp³-hybridized carbons (Fsp3) is 0.444. The van der Waals surface area contributed by atoms with E-state index in [2.05, 4.69) is 10.6 Å². The molecule has 1 atom stereocenters. The third kappa shape index (κ3) is 7.42. The van der Waals surface area contributed by atoms with Crippen LogP contribution in [-0.4, -0.2) is 62.0 Å². The minimum absolute atomic E-state index is 0.0462. The van der Waals surface area contributed by atoms with Crippen LogP contribution in [0.1, 0.15) is 40.7 Å². The molecule has 1 fully saturated rings. The Morgan fingerprint density at radius 3 is 2.35 bits per heavy atom. The highest BCUT2D eigenvalue weighted by atomic mass is 16.5. The second-order valence-electron chi connectivity index (χ2n) is 8.80. The van der Waals surface area contributed by atoms with E-state index in [0.717, 1.165) is 17.5 Å². The minimum atomic E-state index is -0.660. The molecule has 1 saturated heterocycles. The van der Waals surface area contributed by atoms with Crippen molar-refractivity contribution in [2.24, 2.45) is 5.92 Å². The number of hydrogen-bond acceptors (Lipinski definition) is 4. The summed E-state index contributed by atoms with van der Waals surface area (Å²) in [5, 5.41) is 5.80. The summed E-state index contributed by atoms with van der Waals surface area (Å²) in [7, 11) is 1.58. The Hall–Kier alpha value is -3.19. The van der Waals surface area contributed by atoms with Gasteiger partial charge in [-0.15, -0.1) is 0 Å². The molecule has 182 valence electrons. The van der Waals surface area contributed by atoms with Gasteiger partial charge in [-0.2, -0.15) is 0 Å². The van der Waals surface area contributed by atoms with E-state index in [1.165, 1.54) is 0 Å². The zero-order chi connectivity index (χ0) is 24.3. The van der Waals surface area contributed by atoms with Crippen LogP contribution in [0.15, 0.2) is 54.6 Å². The number of carbonyl (C=O) groups is 3. The number of aryl methyl sites for hydroxylation is 2. The largest absolute Gasteiger partial charge is 0.383 e. The smallest absolute Gasteiger partial charge is 0.251 e. The molecule has 1 heterocycles. The zero-order valence-electron chi connectivity index (χ0n) is 20.1. The molecular formula is C27H35N3O4. The van der Waals surface area contributed by atoms with Crippen LogP contribution in [0.5, 0.6) is 0 Å². The maximum absolute atomic E-state index is 13.0. The summed E-state index contributed by atoms with van der Waals surface area (Å²) in [6, 6.07) is 16.6. The van der Waals surface area contributed by atoms with Crippen LogP contribution in [-0.2, 0) is 20.7 Å². The molecule has 0 bridgehead atoms. The first kappa shape index (κ1) is 25.4. The van der Waals surface area contributed by atoms with Gasteiger partial charge in [0.2, 0.25) is 11.8 Å². The van der Waals surface area contributed by atoms with Gasteiger partial charge in [0.25, 0.3) is 5.91 Å². The maximum atomic E-state index is 13.0. The summed E-state index contributed by atoms with van der Waals surface area (Å²) in [4.78, 5) is 40.4. The molecule has 0 aromatic heterocycles. The third-order valence-electron chi connectivity index (χ3n) is 6.32. The zero-order valence-corrected chi connectivity index (χ0v) is 20.1. The predicted octanol–water partition coefficient (Wildman–Crippen LogP) is 2.73. The predicted molar refractivity (Wildman–Crippen MR) is 131 cm³/mol. The lowest BCUT2D eigenvalue weighted by Crippen LogP contribution is -2.54. The Kier molecular flexibility index (Phi) is 9.64. The van der Waals surface area contributed by atoms with Gasteiger partial charge >= 0.3 is 0 Å². The molecule has 1 aliphatic rings. The van der Waals surface area contributed by atoms with E-state index in [9.17, 15) is 14.4 Å². The molecule has 3 rings (SSSR count). The average molecular weight is 466 g/mol. The monoisotopic (exact) mass is 465 g/mol. The first-order valence-electron chi connectivity index (χ1n) is 11.9. The second-order valence-corrected chi connectivity index (χ2v) is 8.80. The van der Waals surface area contributed by atoms with Gasteiger partial charge < -0.3 is 20.3 Å². The summed E-state index contributed by atoms with van der Waals surface area (Å²) >= 11 is 0. The van der Waals surface area contributed by atoms with Crippen molar-refractivity contribution in [1.29, 1.82) is 0 Å². The van der Waals surface area contributed by atoms with Crippen LogP contribution >= 0.6 is 0 Å². The van der Waals surface area contributed by atoms with Gasteiger partial charge in [-0.3, -0.25) is 14.4 Å². The number of likely N-dealkylation sites (tertiary alicyclic amines) is 1. The number of nitrogens with zero attached hydrogens (tertiary/aromatic N) is 1. The number of carbonyl (C=O) groups excluding carboxylic acids is 3. The summed E-state index contributed by atoms with van der Waals surface area (Å²) in [6.07, 6.45) is 2.51. The Morgan fingerprint density at radius 2 is 1.71 bits per heavy atom. The molecule has 34 heavy (non-hydrogen) atoms. The molecule has 2 N–H and O–H groups in total. The molecule has 7 nitrogen and oxygen atoms in total. The summed E-state index contributed by atoms with van der Waals surface area (Å²) < 4.78 is 5.03. The fourth-order valence-corrected chi connectivity index (χ4v) is 4.25. The van der Waals surface area contributed by atoms with Crippen molar-refractivity contribution in [3.63, 3.8) is 0 Å². The maximum Gasteiger partial charge on any atom is 0.251 e. The van der Waals surface area contributed by atoms with E-state index >= 15 is 0 Å². The number of rotatable bonds is 10. The number of amides is 3. The lowest BCUT2D eigenvalue weighted by molar-refractivity contribution is -0.133. The molecule has 0 aliphatic carbocycles. The number of methoxy groups -OCH3 is 1. The normalized spacial score (nSPS) is 14.9. The number of nitrogens with one attached hydrogen (secondary N) is 2. The van der Waals surface area contributed by atoms with E-state index in [0.29, 0.717) is 51.1 Å². The van der Waals surface area contributed by atoms with Gasteiger partial charge in [0.15, 0.2) is 0 Å². The van der Waals surface area contributed by atoms with Gasteiger partial charge in [-0.1, -0.05) is 48.0 Å². The molecule has 0 radical (unpaired) electrons. The molecule has 0 unspecified atom stereocenters. The summed E-state index contributed by atoms with van der Waals surface area (Å²) in [6.45, 7) is 3.91. The van der Waals surface area contributed by atoms with Crippen molar-refractivity contribution in [3.05, 3.63) is 71.3 Å². The SMILES string of the molecule is COCCNC(=O)[C@@H](NC(=O)c1ccc(C)cc1)C1CCN(C(=O)CCc2ccccc2)CC1. The standard InChI is InChI=1S/C27H35N3O4/c1-20-8-11-23(12-9-20)26(32)29-25(27(33)28-16-19-34-2)22-14-17-30(18-15-22)24(31)13-10-21-6-4-3-5-7-21/h3-9,11-12,22,25H,10,13-19H2,1-2H3,(H,28,33)(H,29,32)/t25-/m0/s1. The van der Waals surface area contributed by atoms with Gasteiger partial charge in [0.1, 0.15) is 6.04 Å². The van der Waals surface area contributed by atoms with Crippen molar-refractivity contribution in [2.45, 2.75) is 38.6 Å². The van der Waals surface area contributed by atoms with E-state index < -0.39 is 6.04 Å². The second kappa shape index (κ2) is 12.9. The molecular weight excluding hydrogens is 430 g/mol. The van der Waals surface area contributed by atoms with Crippen LogP contribution in [0.3, 0.4) is 0 Å². The number of hydrogen-bond donors (Lipinski definition) is 2. The van der Waals surface area contributed by atoms with E-state index in [-0.39, 0.29) is 23.6 Å². The van der Waals surface area contributed by atoms with Crippen molar-refractivity contribution in [1.82, 2.24) is 15.5 Å². The summed E-state index contributed by atoms with van der Waals surface area (Å²) in [5.74, 6) is -0.401. The molecule has 3 amide bonds. The molecule has 1 aliphatic heterocycles. The van der Waals surface area contributed by atoms with E-state index in [1.807, 2.05) is 54.3 Å². The molecule has 0 spiro atoms. The lowest BCUT2D eigenvalue weighted by atomic mass is 9.88. The Bertz CT molecular complexity index is 938. The molecule has 7 heteroatoms. The van der Waals surface area contributed by atoms with Crippen LogP contribution in [0, 0.1) is 12.8 Å². The fourth-order valence-electron chi connectivity index (χ4n) is 4.25. The average Bonchev–Trinajstić information content (AvgIpc) is 2.87. The van der Waals surface area contributed by atoms with Crippen molar-refractivity contribution in [3.8, 4) is 0 Å². The lowest BCUT2D eigenvalue weighted by Gasteiger charge is -2.36. The highest BCUT2D eigenvalue weighted by molar-refractivity contribution is 5.97. The molecule has 2 aromatic carbocycles. The quantitative estimate of drug-likeness (QED) is 0.528. The molecule has 2 aromatic rings. The summed E-state index contributed by atoms with van der Waals surface area (Å²) in [5.41, 5.74) is 2.74. The highest BCUT2D eigenvalue weighted by Crippen LogP contribution is 2.22. The first-order chi connectivity index (χ1) is 16.5. The number of piperidine rings is 1. The van der Waals surface area contributed by atoms with Crippen molar-refractivity contribution < 1.29 is 19.1 Å². The number of benzene rings is 2. The Morgan fingerprint density at radius 1 is 1.03 bits per heavy atom. The minimum Gasteiger partial charge on any atom is -0.383 e. The van der Waals surface area contributed by atoms with E-state index in [1.54, 1.807) is 19.2 Å². The van der Waals surface area contributed by atoms with Crippen LogP contribution in [0.25, 0.3) is 0 Å². The highest BCUT2D eigenvalue weighted by Gasteiger charge is 2.33. The van der Waals surface area contributed by atoms with Gasteiger partial charge in [0, 0.05) is 38.7 Å². The van der Waals surface area contributed by atoms with Gasteiger partial charge in [-0.25, -0.2) is 0 Å². The van der Waals surface area contributed by atoms with E-state index in [4.69, 9.17) is 4.74 Å². The number of ether oxygens (including phenoxy) is 1. The topological polar surface area (TPSA) is 87.7 Å². The van der Waals surface area contributed by atoms with Crippen LogP contribution < -0.4 is 10.6 Å². The van der Waals surface area contributed by atoms with Crippen LogP contribution in [0.2, 0.25) is 0 Å².